The molecule has 3 rings (SSSR count). The molecule has 2 aliphatic heterocycles. The molecular weight excluding hydrogens is 318 g/mol. The van der Waals surface area contributed by atoms with Crippen LogP contribution in [0.25, 0.3) is 5.57 Å². The third kappa shape index (κ3) is 3.95. The second-order valence-corrected chi connectivity index (χ2v) is 6.21. The van der Waals surface area contributed by atoms with E-state index in [0.29, 0.717) is 13.2 Å². The molecule has 0 radical (unpaired) electrons. The quantitative estimate of drug-likeness (QED) is 0.891. The van der Waals surface area contributed by atoms with Crippen molar-refractivity contribution in [1.82, 2.24) is 5.32 Å². The molecule has 0 aromatic heterocycles. The molecule has 0 spiro atoms. The van der Waals surface area contributed by atoms with Crippen LogP contribution in [0.15, 0.2) is 29.3 Å². The van der Waals surface area contributed by atoms with Crippen molar-refractivity contribution in [2.24, 2.45) is 4.99 Å². The fourth-order valence-electron chi connectivity index (χ4n) is 3.10. The lowest BCUT2D eigenvalue weighted by molar-refractivity contribution is 0.178. The Hall–Kier alpha value is -2.50. The molecule has 2 heterocycles. The summed E-state index contributed by atoms with van der Waals surface area (Å²) in [6.45, 7) is 4.17. The molecule has 2 aliphatic rings. The van der Waals surface area contributed by atoms with E-state index in [9.17, 15) is 4.79 Å². The van der Waals surface area contributed by atoms with Gasteiger partial charge in [-0.1, -0.05) is 19.4 Å². The second-order valence-electron chi connectivity index (χ2n) is 6.21. The van der Waals surface area contributed by atoms with E-state index in [4.69, 9.17) is 9.47 Å². The van der Waals surface area contributed by atoms with Gasteiger partial charge in [0, 0.05) is 24.2 Å². The molecule has 134 valence electrons. The molecule has 1 amide bonds. The van der Waals surface area contributed by atoms with Gasteiger partial charge in [0.2, 0.25) is 0 Å². The summed E-state index contributed by atoms with van der Waals surface area (Å²) in [5.74, 6) is 0.862. The molecule has 1 aromatic rings. The van der Waals surface area contributed by atoms with Gasteiger partial charge in [-0.25, -0.2) is 4.79 Å². The highest BCUT2D eigenvalue weighted by Gasteiger charge is 2.22. The van der Waals surface area contributed by atoms with Crippen LogP contribution in [0.3, 0.4) is 0 Å². The minimum atomic E-state index is -0.332. The number of anilines is 1. The molecule has 1 aromatic carbocycles. The number of nitrogens with zero attached hydrogens (tertiary/aromatic N) is 2. The Kier molecular flexibility index (Phi) is 5.58. The SMILES string of the molecule is CCCCN(C(=O)OC)c1ccc2c(c1)/C(=C/C1CN=CN1)CCO2. The Morgan fingerprint density at radius 3 is 3.12 bits per heavy atom. The van der Waals surface area contributed by atoms with Crippen LogP contribution in [0.2, 0.25) is 0 Å². The van der Waals surface area contributed by atoms with Gasteiger partial charge in [0.05, 0.1) is 32.6 Å². The van der Waals surface area contributed by atoms with Crippen LogP contribution in [0.4, 0.5) is 10.5 Å². The number of benzene rings is 1. The van der Waals surface area contributed by atoms with Gasteiger partial charge in [0.25, 0.3) is 0 Å². The number of aliphatic imine (C=N–C) groups is 1. The zero-order chi connectivity index (χ0) is 17.6. The molecule has 6 nitrogen and oxygen atoms in total. The highest BCUT2D eigenvalue weighted by molar-refractivity contribution is 5.89. The molecule has 6 heteroatoms. The average molecular weight is 343 g/mol. The van der Waals surface area contributed by atoms with E-state index in [1.165, 1.54) is 12.7 Å². The van der Waals surface area contributed by atoms with Crippen molar-refractivity contribution >= 4 is 23.7 Å². The maximum Gasteiger partial charge on any atom is 0.413 e. The summed E-state index contributed by atoms with van der Waals surface area (Å²) in [6.07, 6.45) is 6.42. The number of amides is 1. The Morgan fingerprint density at radius 2 is 2.40 bits per heavy atom. The number of carbonyl (C=O) groups excluding carboxylic acids is 1. The first-order valence-electron chi connectivity index (χ1n) is 8.80. The number of ether oxygens (including phenoxy) is 2. The number of rotatable bonds is 5. The topological polar surface area (TPSA) is 63.2 Å². The van der Waals surface area contributed by atoms with Crippen LogP contribution in [0, 0.1) is 0 Å². The van der Waals surface area contributed by atoms with Crippen molar-refractivity contribution in [2.45, 2.75) is 32.2 Å². The molecule has 0 fully saturated rings. The van der Waals surface area contributed by atoms with Crippen LogP contribution < -0.4 is 15.0 Å². The summed E-state index contributed by atoms with van der Waals surface area (Å²) in [7, 11) is 1.42. The summed E-state index contributed by atoms with van der Waals surface area (Å²) >= 11 is 0. The van der Waals surface area contributed by atoms with Gasteiger partial charge in [-0.2, -0.15) is 0 Å². The standard InChI is InChI=1S/C19H25N3O3/c1-3-4-8-22(19(23)24-2)16-5-6-18-17(11-16)14(7-9-25-18)10-15-12-20-13-21-15/h5-6,10-11,13,15H,3-4,7-9,12H2,1-2H3,(H,20,21)/b14-10+. The number of unbranched alkanes of at least 4 members (excludes halogenated alkanes) is 1. The van der Waals surface area contributed by atoms with E-state index in [0.717, 1.165) is 42.8 Å². The van der Waals surface area contributed by atoms with Crippen molar-refractivity contribution in [3.8, 4) is 5.75 Å². The predicted octanol–water partition coefficient (Wildman–Crippen LogP) is 3.23. The largest absolute Gasteiger partial charge is 0.493 e. The Labute approximate surface area is 148 Å². The van der Waals surface area contributed by atoms with E-state index in [2.05, 4.69) is 23.3 Å². The lowest BCUT2D eigenvalue weighted by Crippen LogP contribution is -2.31. The second kappa shape index (κ2) is 8.05. The number of fused-ring (bicyclic) bond motifs is 1. The fraction of sp³-hybridized carbons (Fsp3) is 0.474. The lowest BCUT2D eigenvalue weighted by atomic mass is 9.97. The molecule has 0 saturated carbocycles. The third-order valence-electron chi connectivity index (χ3n) is 4.46. The smallest absolute Gasteiger partial charge is 0.413 e. The van der Waals surface area contributed by atoms with E-state index >= 15 is 0 Å². The highest BCUT2D eigenvalue weighted by atomic mass is 16.5. The molecule has 0 bridgehead atoms. The van der Waals surface area contributed by atoms with Gasteiger partial charge in [0.15, 0.2) is 0 Å². The van der Waals surface area contributed by atoms with E-state index in [-0.39, 0.29) is 12.1 Å². The molecule has 0 saturated heterocycles. The van der Waals surface area contributed by atoms with E-state index in [1.54, 1.807) is 11.2 Å². The number of carbonyl (C=O) groups is 1. The van der Waals surface area contributed by atoms with Gasteiger partial charge in [-0.3, -0.25) is 9.89 Å². The maximum atomic E-state index is 12.2. The first-order valence-corrected chi connectivity index (χ1v) is 8.80. The van der Waals surface area contributed by atoms with Crippen LogP contribution in [0.1, 0.15) is 31.7 Å². The van der Waals surface area contributed by atoms with Crippen molar-refractivity contribution in [3.05, 3.63) is 29.8 Å². The molecule has 1 unspecified atom stereocenters. The van der Waals surface area contributed by atoms with E-state index < -0.39 is 0 Å². The Balaban J connectivity index is 1.91. The monoisotopic (exact) mass is 343 g/mol. The Bertz CT molecular complexity index is 676. The molecule has 0 aliphatic carbocycles. The van der Waals surface area contributed by atoms with Crippen LogP contribution in [-0.4, -0.2) is 45.3 Å². The van der Waals surface area contributed by atoms with Crippen molar-refractivity contribution in [1.29, 1.82) is 0 Å². The normalized spacial score (nSPS) is 19.9. The van der Waals surface area contributed by atoms with Crippen molar-refractivity contribution < 1.29 is 14.3 Å². The molecule has 1 N–H and O–H groups in total. The highest BCUT2D eigenvalue weighted by Crippen LogP contribution is 2.36. The average Bonchev–Trinajstić information content (AvgIpc) is 3.15. The zero-order valence-corrected chi connectivity index (χ0v) is 14.8. The van der Waals surface area contributed by atoms with Gasteiger partial charge < -0.3 is 14.8 Å². The minimum Gasteiger partial charge on any atom is -0.493 e. The number of methoxy groups -OCH3 is 1. The zero-order valence-electron chi connectivity index (χ0n) is 14.8. The number of hydrogen-bond acceptors (Lipinski definition) is 5. The van der Waals surface area contributed by atoms with Gasteiger partial charge in [-0.15, -0.1) is 0 Å². The number of hydrogen-bond donors (Lipinski definition) is 1. The van der Waals surface area contributed by atoms with Crippen LogP contribution in [-0.2, 0) is 4.74 Å². The summed E-state index contributed by atoms with van der Waals surface area (Å²) in [5.41, 5.74) is 3.11. The summed E-state index contributed by atoms with van der Waals surface area (Å²) in [4.78, 5) is 18.1. The Morgan fingerprint density at radius 1 is 1.52 bits per heavy atom. The van der Waals surface area contributed by atoms with Gasteiger partial charge in [-0.05, 0) is 30.2 Å². The summed E-state index contributed by atoms with van der Waals surface area (Å²) in [6, 6.07) is 6.12. The lowest BCUT2D eigenvalue weighted by Gasteiger charge is -2.26. The summed E-state index contributed by atoms with van der Waals surface area (Å²) < 4.78 is 10.8. The van der Waals surface area contributed by atoms with Gasteiger partial charge in [0.1, 0.15) is 5.75 Å². The summed E-state index contributed by atoms with van der Waals surface area (Å²) in [5, 5.41) is 3.23. The van der Waals surface area contributed by atoms with Gasteiger partial charge >= 0.3 is 6.09 Å². The minimum absolute atomic E-state index is 0.224. The molecule has 1 atom stereocenters. The first-order chi connectivity index (χ1) is 12.2. The molecular formula is C19H25N3O3. The van der Waals surface area contributed by atoms with Crippen LogP contribution in [0.5, 0.6) is 5.75 Å². The third-order valence-corrected chi connectivity index (χ3v) is 4.46. The number of nitrogens with one attached hydrogen (secondary N) is 1. The fourth-order valence-corrected chi connectivity index (χ4v) is 3.10. The van der Waals surface area contributed by atoms with E-state index in [1.807, 2.05) is 18.2 Å². The first kappa shape index (κ1) is 17.3. The molecule has 25 heavy (non-hydrogen) atoms. The predicted molar refractivity (Wildman–Crippen MR) is 99.5 cm³/mol. The van der Waals surface area contributed by atoms with Crippen LogP contribution >= 0.6 is 0 Å². The maximum absolute atomic E-state index is 12.2. The van der Waals surface area contributed by atoms with Crippen molar-refractivity contribution in [3.63, 3.8) is 0 Å². The van der Waals surface area contributed by atoms with Crippen molar-refractivity contribution in [2.75, 3.05) is 31.7 Å².